The summed E-state index contributed by atoms with van der Waals surface area (Å²) >= 11 is 0. The van der Waals surface area contributed by atoms with Gasteiger partial charge in [-0.25, -0.2) is 4.98 Å². The fraction of sp³-hybridized carbons (Fsp3) is 0.455. The Morgan fingerprint density at radius 1 is 1.61 bits per heavy atom. The molecule has 18 heavy (non-hydrogen) atoms. The molecule has 0 bridgehead atoms. The van der Waals surface area contributed by atoms with Crippen LogP contribution < -0.4 is 10.6 Å². The number of amides is 3. The number of aryl methyl sites for hydroxylation is 1. The highest BCUT2D eigenvalue weighted by Gasteiger charge is 2.28. The van der Waals surface area contributed by atoms with Crippen molar-refractivity contribution in [1.82, 2.24) is 15.6 Å². The second-order valence-electron chi connectivity index (χ2n) is 3.95. The highest BCUT2D eigenvalue weighted by atomic mass is 16.4. The standard InChI is InChI=1S/C11H13N3O4/c1-2-9-12-5-7(18-9)11(17)13-6-3-4-8(15)14-10(6)16/h5-6H,2-4H2,1H3,(H,13,17)(H,14,15,16). The SMILES string of the molecule is CCc1ncc(C(=O)NC2CCC(=O)NC2=O)o1. The number of aromatic nitrogens is 1. The number of rotatable bonds is 3. The number of imide groups is 1. The van der Waals surface area contributed by atoms with Crippen LogP contribution >= 0.6 is 0 Å². The van der Waals surface area contributed by atoms with Gasteiger partial charge in [0, 0.05) is 12.8 Å². The maximum Gasteiger partial charge on any atom is 0.289 e. The monoisotopic (exact) mass is 251 g/mol. The van der Waals surface area contributed by atoms with Gasteiger partial charge in [-0.3, -0.25) is 19.7 Å². The lowest BCUT2D eigenvalue weighted by molar-refractivity contribution is -0.134. The number of carbonyl (C=O) groups is 3. The molecule has 0 saturated carbocycles. The first-order valence-corrected chi connectivity index (χ1v) is 5.69. The van der Waals surface area contributed by atoms with Gasteiger partial charge in [-0.1, -0.05) is 6.92 Å². The number of oxazole rings is 1. The Bertz CT molecular complexity index is 494. The van der Waals surface area contributed by atoms with E-state index in [9.17, 15) is 14.4 Å². The summed E-state index contributed by atoms with van der Waals surface area (Å²) in [6.07, 6.45) is 2.42. The van der Waals surface area contributed by atoms with E-state index < -0.39 is 17.9 Å². The Hall–Kier alpha value is -2.18. The second kappa shape index (κ2) is 4.99. The third kappa shape index (κ3) is 2.55. The van der Waals surface area contributed by atoms with E-state index in [1.807, 2.05) is 6.92 Å². The van der Waals surface area contributed by atoms with Crippen LogP contribution in [0.25, 0.3) is 0 Å². The van der Waals surface area contributed by atoms with Gasteiger partial charge in [0.1, 0.15) is 6.04 Å². The van der Waals surface area contributed by atoms with Crippen LogP contribution in [0, 0.1) is 0 Å². The molecule has 1 atom stereocenters. The number of hydrogen-bond acceptors (Lipinski definition) is 5. The maximum absolute atomic E-state index is 11.8. The molecule has 0 aromatic carbocycles. The van der Waals surface area contributed by atoms with Gasteiger partial charge in [-0.05, 0) is 6.42 Å². The van der Waals surface area contributed by atoms with Crippen molar-refractivity contribution in [3.05, 3.63) is 17.8 Å². The van der Waals surface area contributed by atoms with Crippen LogP contribution in [0.5, 0.6) is 0 Å². The summed E-state index contributed by atoms with van der Waals surface area (Å²) in [4.78, 5) is 38.0. The highest BCUT2D eigenvalue weighted by molar-refractivity contribution is 6.03. The third-order valence-corrected chi connectivity index (χ3v) is 2.62. The van der Waals surface area contributed by atoms with Crippen molar-refractivity contribution in [1.29, 1.82) is 0 Å². The molecule has 1 unspecified atom stereocenters. The van der Waals surface area contributed by atoms with E-state index in [2.05, 4.69) is 15.6 Å². The Labute approximate surface area is 103 Å². The molecular weight excluding hydrogens is 238 g/mol. The molecule has 7 heteroatoms. The van der Waals surface area contributed by atoms with Gasteiger partial charge in [-0.2, -0.15) is 0 Å². The molecule has 2 rings (SSSR count). The predicted molar refractivity (Wildman–Crippen MR) is 59.5 cm³/mol. The Kier molecular flexibility index (Phi) is 3.40. The average Bonchev–Trinajstić information content (AvgIpc) is 2.81. The molecule has 0 radical (unpaired) electrons. The van der Waals surface area contributed by atoms with E-state index >= 15 is 0 Å². The zero-order valence-corrected chi connectivity index (χ0v) is 9.86. The summed E-state index contributed by atoms with van der Waals surface area (Å²) in [6.45, 7) is 1.85. The van der Waals surface area contributed by atoms with Gasteiger partial charge in [0.15, 0.2) is 5.89 Å². The minimum Gasteiger partial charge on any atom is -0.436 e. The molecule has 0 spiro atoms. The van der Waals surface area contributed by atoms with E-state index in [0.29, 0.717) is 18.7 Å². The van der Waals surface area contributed by atoms with Gasteiger partial charge in [0.05, 0.1) is 6.20 Å². The van der Waals surface area contributed by atoms with Crippen molar-refractivity contribution >= 4 is 17.7 Å². The van der Waals surface area contributed by atoms with E-state index in [-0.39, 0.29) is 18.1 Å². The molecule has 2 heterocycles. The summed E-state index contributed by atoms with van der Waals surface area (Å²) in [5, 5.41) is 4.67. The number of piperidine rings is 1. The van der Waals surface area contributed by atoms with Crippen molar-refractivity contribution in [2.75, 3.05) is 0 Å². The second-order valence-corrected chi connectivity index (χ2v) is 3.95. The normalized spacial score (nSPS) is 19.5. The van der Waals surface area contributed by atoms with Crippen LogP contribution in [0.2, 0.25) is 0 Å². The zero-order valence-electron chi connectivity index (χ0n) is 9.86. The molecule has 0 aliphatic carbocycles. The highest BCUT2D eigenvalue weighted by Crippen LogP contribution is 2.08. The minimum absolute atomic E-state index is 0.0663. The lowest BCUT2D eigenvalue weighted by Crippen LogP contribution is -2.52. The average molecular weight is 251 g/mol. The Balaban J connectivity index is 1.99. The molecule has 1 aliphatic heterocycles. The number of nitrogens with zero attached hydrogens (tertiary/aromatic N) is 1. The van der Waals surface area contributed by atoms with Gasteiger partial charge in [0.25, 0.3) is 5.91 Å². The van der Waals surface area contributed by atoms with Crippen LogP contribution in [-0.4, -0.2) is 28.7 Å². The predicted octanol–water partition coefficient (Wildman–Crippen LogP) is -0.228. The van der Waals surface area contributed by atoms with Crippen LogP contribution in [0.15, 0.2) is 10.6 Å². The lowest BCUT2D eigenvalue weighted by Gasteiger charge is -2.21. The molecule has 1 aromatic rings. The van der Waals surface area contributed by atoms with Crippen molar-refractivity contribution in [3.8, 4) is 0 Å². The summed E-state index contributed by atoms with van der Waals surface area (Å²) < 4.78 is 5.17. The lowest BCUT2D eigenvalue weighted by atomic mass is 10.1. The van der Waals surface area contributed by atoms with E-state index in [4.69, 9.17) is 4.42 Å². The smallest absolute Gasteiger partial charge is 0.289 e. The van der Waals surface area contributed by atoms with Crippen LogP contribution in [0.4, 0.5) is 0 Å². The molecule has 96 valence electrons. The quantitative estimate of drug-likeness (QED) is 0.723. The first kappa shape index (κ1) is 12.3. The summed E-state index contributed by atoms with van der Waals surface area (Å²) in [5.74, 6) is -0.787. The summed E-state index contributed by atoms with van der Waals surface area (Å²) in [7, 11) is 0. The van der Waals surface area contributed by atoms with Crippen LogP contribution in [0.1, 0.15) is 36.2 Å². The number of nitrogens with one attached hydrogen (secondary N) is 2. The first-order valence-electron chi connectivity index (χ1n) is 5.69. The molecular formula is C11H13N3O4. The molecule has 7 nitrogen and oxygen atoms in total. The Morgan fingerprint density at radius 3 is 3.00 bits per heavy atom. The maximum atomic E-state index is 11.8. The fourth-order valence-electron chi connectivity index (χ4n) is 1.64. The van der Waals surface area contributed by atoms with Crippen molar-refractivity contribution in [2.45, 2.75) is 32.2 Å². The van der Waals surface area contributed by atoms with E-state index in [1.54, 1.807) is 0 Å². The van der Waals surface area contributed by atoms with Crippen molar-refractivity contribution in [2.24, 2.45) is 0 Å². The van der Waals surface area contributed by atoms with Crippen LogP contribution in [0.3, 0.4) is 0 Å². The van der Waals surface area contributed by atoms with Gasteiger partial charge < -0.3 is 9.73 Å². The van der Waals surface area contributed by atoms with E-state index in [1.165, 1.54) is 6.20 Å². The van der Waals surface area contributed by atoms with Crippen molar-refractivity contribution < 1.29 is 18.8 Å². The first-order chi connectivity index (χ1) is 8.60. The van der Waals surface area contributed by atoms with Crippen LogP contribution in [-0.2, 0) is 16.0 Å². The molecule has 1 aliphatic rings. The molecule has 1 aromatic heterocycles. The minimum atomic E-state index is -0.703. The van der Waals surface area contributed by atoms with Gasteiger partial charge >= 0.3 is 0 Å². The molecule has 1 fully saturated rings. The van der Waals surface area contributed by atoms with Crippen molar-refractivity contribution in [3.63, 3.8) is 0 Å². The zero-order chi connectivity index (χ0) is 13.1. The summed E-state index contributed by atoms with van der Waals surface area (Å²) in [6, 6.07) is -0.703. The molecule has 3 amide bonds. The van der Waals surface area contributed by atoms with Gasteiger partial charge in [0.2, 0.25) is 17.6 Å². The largest absolute Gasteiger partial charge is 0.436 e. The third-order valence-electron chi connectivity index (χ3n) is 2.62. The summed E-state index contributed by atoms with van der Waals surface area (Å²) in [5.41, 5.74) is 0. The molecule has 1 saturated heterocycles. The number of carbonyl (C=O) groups excluding carboxylic acids is 3. The molecule has 2 N–H and O–H groups in total. The van der Waals surface area contributed by atoms with E-state index in [0.717, 1.165) is 0 Å². The Morgan fingerprint density at radius 2 is 2.39 bits per heavy atom. The topological polar surface area (TPSA) is 101 Å². The van der Waals surface area contributed by atoms with Gasteiger partial charge in [-0.15, -0.1) is 0 Å². The number of hydrogen-bond donors (Lipinski definition) is 2. The fourth-order valence-corrected chi connectivity index (χ4v) is 1.64.